The number of nitrogens with zero attached hydrogens (tertiary/aromatic N) is 1. The normalized spacial score (nSPS) is 25.1. The third-order valence-corrected chi connectivity index (χ3v) is 5.39. The molecule has 0 spiro atoms. The molecule has 2 atom stereocenters. The lowest BCUT2D eigenvalue weighted by Gasteiger charge is -2.36. The Kier molecular flexibility index (Phi) is 4.87. The van der Waals surface area contributed by atoms with Crippen LogP contribution in [0, 0.1) is 0 Å². The minimum Gasteiger partial charge on any atom is -0.293 e. The highest BCUT2D eigenvalue weighted by molar-refractivity contribution is 9.10. The van der Waals surface area contributed by atoms with Gasteiger partial charge >= 0.3 is 0 Å². The Balaban J connectivity index is 2.00. The number of ketones is 1. The first-order valence-electron chi connectivity index (χ1n) is 6.22. The molecule has 0 aliphatic carbocycles. The SMILES string of the molecule is CC1SCCN(CC(=O)c2ccc(Br)cc2)C1C. The predicted octanol–water partition coefficient (Wildman–Crippen LogP) is 3.46. The average molecular weight is 328 g/mol. The lowest BCUT2D eigenvalue weighted by Crippen LogP contribution is -2.46. The maximum Gasteiger partial charge on any atom is 0.176 e. The van der Waals surface area contributed by atoms with Crippen molar-refractivity contribution >= 4 is 33.5 Å². The van der Waals surface area contributed by atoms with Gasteiger partial charge in [0.2, 0.25) is 0 Å². The Morgan fingerprint density at radius 1 is 1.39 bits per heavy atom. The summed E-state index contributed by atoms with van der Waals surface area (Å²) >= 11 is 5.38. The third-order valence-electron chi connectivity index (χ3n) is 3.53. The van der Waals surface area contributed by atoms with E-state index >= 15 is 0 Å². The Labute approximate surface area is 121 Å². The summed E-state index contributed by atoms with van der Waals surface area (Å²) in [7, 11) is 0. The van der Waals surface area contributed by atoms with Crippen molar-refractivity contribution in [1.82, 2.24) is 4.90 Å². The number of thioether (sulfide) groups is 1. The van der Waals surface area contributed by atoms with Gasteiger partial charge in [0.1, 0.15) is 0 Å². The van der Waals surface area contributed by atoms with E-state index in [0.717, 1.165) is 22.3 Å². The maximum atomic E-state index is 12.2. The highest BCUT2D eigenvalue weighted by Gasteiger charge is 2.26. The molecule has 1 heterocycles. The summed E-state index contributed by atoms with van der Waals surface area (Å²) in [5, 5.41) is 0.608. The van der Waals surface area contributed by atoms with Crippen molar-refractivity contribution in [2.45, 2.75) is 25.1 Å². The summed E-state index contributed by atoms with van der Waals surface area (Å²) in [4.78, 5) is 14.5. The van der Waals surface area contributed by atoms with Crippen LogP contribution >= 0.6 is 27.7 Å². The number of carbonyl (C=O) groups excluding carboxylic acids is 1. The summed E-state index contributed by atoms with van der Waals surface area (Å²) in [6.07, 6.45) is 0. The third kappa shape index (κ3) is 3.37. The van der Waals surface area contributed by atoms with Gasteiger partial charge < -0.3 is 0 Å². The van der Waals surface area contributed by atoms with E-state index in [9.17, 15) is 4.79 Å². The summed E-state index contributed by atoms with van der Waals surface area (Å²) in [5.41, 5.74) is 0.802. The summed E-state index contributed by atoms with van der Waals surface area (Å²) in [6.45, 7) is 6.00. The van der Waals surface area contributed by atoms with Crippen LogP contribution in [0.5, 0.6) is 0 Å². The molecule has 2 unspecified atom stereocenters. The number of carbonyl (C=O) groups is 1. The van der Waals surface area contributed by atoms with Crippen LogP contribution in [-0.4, -0.2) is 40.8 Å². The van der Waals surface area contributed by atoms with E-state index in [4.69, 9.17) is 0 Å². The first-order valence-corrected chi connectivity index (χ1v) is 8.06. The van der Waals surface area contributed by atoms with Gasteiger partial charge in [0.25, 0.3) is 0 Å². The van der Waals surface area contributed by atoms with E-state index in [-0.39, 0.29) is 5.78 Å². The lowest BCUT2D eigenvalue weighted by atomic mass is 10.1. The summed E-state index contributed by atoms with van der Waals surface area (Å²) in [6, 6.07) is 8.10. The number of Topliss-reactive ketones (excluding diaryl/α,β-unsaturated/α-hetero) is 1. The quantitative estimate of drug-likeness (QED) is 0.793. The van der Waals surface area contributed by atoms with Crippen molar-refractivity contribution in [2.24, 2.45) is 0 Å². The molecular weight excluding hydrogens is 310 g/mol. The van der Waals surface area contributed by atoms with Gasteiger partial charge in [-0.3, -0.25) is 9.69 Å². The molecule has 1 saturated heterocycles. The summed E-state index contributed by atoms with van der Waals surface area (Å²) < 4.78 is 1.01. The minimum atomic E-state index is 0.216. The molecule has 0 radical (unpaired) electrons. The van der Waals surface area contributed by atoms with Gasteiger partial charge in [0.15, 0.2) is 5.78 Å². The fraction of sp³-hybridized carbons (Fsp3) is 0.500. The second-order valence-electron chi connectivity index (χ2n) is 4.72. The first kappa shape index (κ1) is 14.1. The summed E-state index contributed by atoms with van der Waals surface area (Å²) in [5.74, 6) is 1.34. The van der Waals surface area contributed by atoms with Gasteiger partial charge in [-0.05, 0) is 19.1 Å². The molecular formula is C14H18BrNOS. The molecule has 2 rings (SSSR count). The van der Waals surface area contributed by atoms with Crippen LogP contribution in [0.2, 0.25) is 0 Å². The zero-order chi connectivity index (χ0) is 13.1. The van der Waals surface area contributed by atoms with Gasteiger partial charge in [-0.1, -0.05) is 35.0 Å². The molecule has 0 N–H and O–H groups in total. The smallest absolute Gasteiger partial charge is 0.176 e. The first-order chi connectivity index (χ1) is 8.58. The van der Waals surface area contributed by atoms with Gasteiger partial charge in [-0.2, -0.15) is 11.8 Å². The molecule has 0 saturated carbocycles. The van der Waals surface area contributed by atoms with E-state index < -0.39 is 0 Å². The van der Waals surface area contributed by atoms with Gasteiger partial charge in [-0.15, -0.1) is 0 Å². The highest BCUT2D eigenvalue weighted by atomic mass is 79.9. The molecule has 1 aliphatic heterocycles. The number of hydrogen-bond donors (Lipinski definition) is 0. The predicted molar refractivity (Wildman–Crippen MR) is 81.4 cm³/mol. The van der Waals surface area contributed by atoms with E-state index in [1.54, 1.807) is 0 Å². The molecule has 1 aromatic carbocycles. The van der Waals surface area contributed by atoms with Gasteiger partial charge in [0.05, 0.1) is 6.54 Å². The van der Waals surface area contributed by atoms with E-state index in [1.165, 1.54) is 0 Å². The van der Waals surface area contributed by atoms with Crippen molar-refractivity contribution in [3.63, 3.8) is 0 Å². The van der Waals surface area contributed by atoms with Crippen molar-refractivity contribution in [2.75, 3.05) is 18.8 Å². The molecule has 2 nitrogen and oxygen atoms in total. The topological polar surface area (TPSA) is 20.3 Å². The molecule has 0 amide bonds. The van der Waals surface area contributed by atoms with Crippen LogP contribution in [0.1, 0.15) is 24.2 Å². The number of benzene rings is 1. The fourth-order valence-corrected chi connectivity index (χ4v) is 3.56. The average Bonchev–Trinajstić information content (AvgIpc) is 2.36. The second kappa shape index (κ2) is 6.22. The zero-order valence-electron chi connectivity index (χ0n) is 10.7. The monoisotopic (exact) mass is 327 g/mol. The van der Waals surface area contributed by atoms with Gasteiger partial charge in [-0.25, -0.2) is 0 Å². The van der Waals surface area contributed by atoms with Crippen molar-refractivity contribution < 1.29 is 4.79 Å². The molecule has 0 aromatic heterocycles. The molecule has 1 aromatic rings. The van der Waals surface area contributed by atoms with Crippen LogP contribution in [0.3, 0.4) is 0 Å². The molecule has 98 valence electrons. The molecule has 4 heteroatoms. The van der Waals surface area contributed by atoms with Crippen molar-refractivity contribution in [3.05, 3.63) is 34.3 Å². The van der Waals surface area contributed by atoms with Crippen LogP contribution in [0.4, 0.5) is 0 Å². The molecule has 1 fully saturated rings. The molecule has 0 bridgehead atoms. The lowest BCUT2D eigenvalue weighted by molar-refractivity contribution is 0.0902. The number of rotatable bonds is 3. The Bertz CT molecular complexity index is 420. The standard InChI is InChI=1S/C14H18BrNOS/c1-10-11(2)18-8-7-16(10)9-14(17)12-3-5-13(15)6-4-12/h3-6,10-11H,7-9H2,1-2H3. The van der Waals surface area contributed by atoms with Gasteiger partial charge in [0, 0.05) is 33.6 Å². The Morgan fingerprint density at radius 3 is 2.72 bits per heavy atom. The van der Waals surface area contributed by atoms with E-state index in [1.807, 2.05) is 36.0 Å². The minimum absolute atomic E-state index is 0.216. The van der Waals surface area contributed by atoms with Crippen molar-refractivity contribution in [3.8, 4) is 0 Å². The number of halogens is 1. The van der Waals surface area contributed by atoms with E-state index in [0.29, 0.717) is 17.8 Å². The number of hydrogen-bond acceptors (Lipinski definition) is 3. The molecule has 18 heavy (non-hydrogen) atoms. The largest absolute Gasteiger partial charge is 0.293 e. The molecule has 1 aliphatic rings. The van der Waals surface area contributed by atoms with Crippen molar-refractivity contribution in [1.29, 1.82) is 0 Å². The fourth-order valence-electron chi connectivity index (χ4n) is 2.13. The van der Waals surface area contributed by atoms with Crippen LogP contribution < -0.4 is 0 Å². The second-order valence-corrected chi connectivity index (χ2v) is 7.12. The zero-order valence-corrected chi connectivity index (χ0v) is 13.1. The maximum absolute atomic E-state index is 12.2. The van der Waals surface area contributed by atoms with E-state index in [2.05, 4.69) is 34.7 Å². The Morgan fingerprint density at radius 2 is 2.06 bits per heavy atom. The van der Waals surface area contributed by atoms with Crippen LogP contribution in [0.25, 0.3) is 0 Å². The highest BCUT2D eigenvalue weighted by Crippen LogP contribution is 2.24. The Hall–Kier alpha value is -0.320. The van der Waals surface area contributed by atoms with Crippen LogP contribution in [-0.2, 0) is 0 Å². The van der Waals surface area contributed by atoms with Crippen LogP contribution in [0.15, 0.2) is 28.7 Å².